The number of nitrogens with one attached hydrogen (secondary N) is 2. The van der Waals surface area contributed by atoms with Gasteiger partial charge in [0.05, 0.1) is 0 Å². The molecular formula is C6H12N4. The number of aliphatic imine (C=N–C) groups is 1. The summed E-state index contributed by atoms with van der Waals surface area (Å²) in [6.07, 6.45) is 3.62. The molecule has 0 amide bonds. The summed E-state index contributed by atoms with van der Waals surface area (Å²) in [5.41, 5.74) is 3.61. The molecule has 0 fully saturated rings. The lowest BCUT2D eigenvalue weighted by molar-refractivity contribution is 0.325. The molecule has 0 bridgehead atoms. The van der Waals surface area contributed by atoms with Crippen LogP contribution in [0.1, 0.15) is 13.8 Å². The number of rotatable bonds is 1. The summed E-state index contributed by atoms with van der Waals surface area (Å²) in [7, 11) is 0. The summed E-state index contributed by atoms with van der Waals surface area (Å²) in [6, 6.07) is 0. The van der Waals surface area contributed by atoms with Crippen molar-refractivity contribution >= 4 is 6.21 Å². The van der Waals surface area contributed by atoms with E-state index in [0.717, 1.165) is 5.70 Å². The Kier molecular flexibility index (Phi) is 1.74. The zero-order valence-corrected chi connectivity index (χ0v) is 6.18. The largest absolute Gasteiger partial charge is 0.352 e. The summed E-state index contributed by atoms with van der Waals surface area (Å²) in [4.78, 5) is 4.08. The number of nitrogens with two attached hydrogens (primary N) is 1. The van der Waals surface area contributed by atoms with Crippen LogP contribution in [0.3, 0.4) is 0 Å². The number of hydrogen-bond donors (Lipinski definition) is 3. The maximum Gasteiger partial charge on any atom is 0.193 e. The van der Waals surface area contributed by atoms with Gasteiger partial charge < -0.3 is 5.32 Å². The van der Waals surface area contributed by atoms with Gasteiger partial charge in [0.25, 0.3) is 0 Å². The maximum absolute atomic E-state index is 5.25. The molecule has 1 aliphatic heterocycles. The van der Waals surface area contributed by atoms with Crippen molar-refractivity contribution in [1.82, 2.24) is 10.7 Å². The molecule has 0 saturated carbocycles. The Morgan fingerprint density at radius 2 is 2.50 bits per heavy atom. The van der Waals surface area contributed by atoms with Crippen molar-refractivity contribution in [3.8, 4) is 0 Å². The van der Waals surface area contributed by atoms with Crippen LogP contribution >= 0.6 is 0 Å². The second kappa shape index (κ2) is 2.40. The molecule has 4 nitrogen and oxygen atoms in total. The average molecular weight is 140 g/mol. The number of hydrazine groups is 1. The lowest BCUT2D eigenvalue weighted by atomic mass is 10.3. The second-order valence-corrected chi connectivity index (χ2v) is 2.47. The lowest BCUT2D eigenvalue weighted by Gasteiger charge is -2.28. The third kappa shape index (κ3) is 1.34. The van der Waals surface area contributed by atoms with Gasteiger partial charge in [-0.25, -0.2) is 10.4 Å². The average Bonchev–Trinajstić information content (AvgIpc) is 1.88. The van der Waals surface area contributed by atoms with Gasteiger partial charge in [-0.05, 0) is 19.9 Å². The van der Waals surface area contributed by atoms with Gasteiger partial charge in [-0.1, -0.05) is 0 Å². The van der Waals surface area contributed by atoms with E-state index in [1.54, 1.807) is 6.21 Å². The Morgan fingerprint density at radius 1 is 1.80 bits per heavy atom. The van der Waals surface area contributed by atoms with Crippen LogP contribution < -0.4 is 16.6 Å². The van der Waals surface area contributed by atoms with Gasteiger partial charge in [0.1, 0.15) is 0 Å². The lowest BCUT2D eigenvalue weighted by Crippen LogP contribution is -2.56. The highest BCUT2D eigenvalue weighted by Crippen LogP contribution is 2.05. The quantitative estimate of drug-likeness (QED) is 0.346. The van der Waals surface area contributed by atoms with E-state index < -0.39 is 5.79 Å². The highest BCUT2D eigenvalue weighted by Gasteiger charge is 2.20. The fourth-order valence-electron chi connectivity index (χ4n) is 0.829. The standard InChI is InChI=1S/C6H12N4/c1-5-3-4-8-6(2,9-5)10-7/h3-4,9-10H,7H2,1-2H3. The fraction of sp³-hybridized carbons (Fsp3) is 0.500. The highest BCUT2D eigenvalue weighted by atomic mass is 15.4. The van der Waals surface area contributed by atoms with E-state index in [1.165, 1.54) is 0 Å². The molecule has 1 aliphatic rings. The molecule has 0 radical (unpaired) electrons. The number of hydrogen-bond acceptors (Lipinski definition) is 4. The molecule has 1 rings (SSSR count). The molecular weight excluding hydrogens is 128 g/mol. The van der Waals surface area contributed by atoms with Crippen molar-refractivity contribution in [1.29, 1.82) is 0 Å². The zero-order chi connectivity index (χ0) is 7.61. The smallest absolute Gasteiger partial charge is 0.193 e. The predicted octanol–water partition coefficient (Wildman–Crippen LogP) is -0.299. The Bertz CT molecular complexity index is 184. The van der Waals surface area contributed by atoms with Crippen molar-refractivity contribution in [3.05, 3.63) is 11.8 Å². The van der Waals surface area contributed by atoms with Crippen LogP contribution in [0.25, 0.3) is 0 Å². The van der Waals surface area contributed by atoms with Gasteiger partial charge in [-0.3, -0.25) is 5.84 Å². The normalized spacial score (nSPS) is 31.3. The van der Waals surface area contributed by atoms with Crippen LogP contribution in [0.15, 0.2) is 16.8 Å². The van der Waals surface area contributed by atoms with E-state index in [4.69, 9.17) is 5.84 Å². The molecule has 0 aromatic rings. The van der Waals surface area contributed by atoms with E-state index in [0.29, 0.717) is 0 Å². The Hall–Kier alpha value is -0.870. The minimum atomic E-state index is -0.529. The van der Waals surface area contributed by atoms with Gasteiger partial charge >= 0.3 is 0 Å². The van der Waals surface area contributed by atoms with E-state index >= 15 is 0 Å². The van der Waals surface area contributed by atoms with Crippen LogP contribution in [-0.4, -0.2) is 12.0 Å². The molecule has 0 aromatic carbocycles. The monoisotopic (exact) mass is 140 g/mol. The SMILES string of the molecule is CC1=CC=NC(C)(NN)N1. The summed E-state index contributed by atoms with van der Waals surface area (Å²) in [5.74, 6) is 4.72. The van der Waals surface area contributed by atoms with Crippen LogP contribution in [-0.2, 0) is 0 Å². The van der Waals surface area contributed by atoms with Crippen LogP contribution in [0.4, 0.5) is 0 Å². The number of allylic oxidation sites excluding steroid dienone is 2. The van der Waals surface area contributed by atoms with Crippen LogP contribution in [0.2, 0.25) is 0 Å². The molecule has 10 heavy (non-hydrogen) atoms. The summed E-state index contributed by atoms with van der Waals surface area (Å²) < 4.78 is 0. The maximum atomic E-state index is 5.25. The minimum Gasteiger partial charge on any atom is -0.352 e. The van der Waals surface area contributed by atoms with E-state index in [1.807, 2.05) is 19.9 Å². The van der Waals surface area contributed by atoms with Crippen molar-refractivity contribution in [2.75, 3.05) is 0 Å². The first-order valence-corrected chi connectivity index (χ1v) is 3.14. The molecule has 4 heteroatoms. The molecule has 4 N–H and O–H groups in total. The van der Waals surface area contributed by atoms with Crippen molar-refractivity contribution in [3.63, 3.8) is 0 Å². The zero-order valence-electron chi connectivity index (χ0n) is 6.18. The first-order chi connectivity index (χ1) is 4.66. The fourth-order valence-corrected chi connectivity index (χ4v) is 0.829. The molecule has 56 valence electrons. The molecule has 0 spiro atoms. The van der Waals surface area contributed by atoms with E-state index in [-0.39, 0.29) is 0 Å². The van der Waals surface area contributed by atoms with E-state index in [9.17, 15) is 0 Å². The molecule has 0 aromatic heterocycles. The van der Waals surface area contributed by atoms with E-state index in [2.05, 4.69) is 15.7 Å². The Morgan fingerprint density at radius 3 is 2.90 bits per heavy atom. The third-order valence-corrected chi connectivity index (χ3v) is 1.38. The van der Waals surface area contributed by atoms with Crippen molar-refractivity contribution < 1.29 is 0 Å². The molecule has 0 aliphatic carbocycles. The van der Waals surface area contributed by atoms with Gasteiger partial charge in [0.15, 0.2) is 5.79 Å². The molecule has 1 unspecified atom stereocenters. The van der Waals surface area contributed by atoms with Gasteiger partial charge in [-0.15, -0.1) is 0 Å². The molecule has 1 heterocycles. The Labute approximate surface area is 60.2 Å². The van der Waals surface area contributed by atoms with Crippen molar-refractivity contribution in [2.24, 2.45) is 10.8 Å². The Balaban J connectivity index is 2.71. The number of nitrogens with zero attached hydrogens (tertiary/aromatic N) is 1. The third-order valence-electron chi connectivity index (χ3n) is 1.38. The van der Waals surface area contributed by atoms with Crippen LogP contribution in [0, 0.1) is 0 Å². The van der Waals surface area contributed by atoms with Crippen molar-refractivity contribution in [2.45, 2.75) is 19.6 Å². The van der Waals surface area contributed by atoms with Gasteiger partial charge in [0, 0.05) is 11.9 Å². The molecule has 0 saturated heterocycles. The topological polar surface area (TPSA) is 62.4 Å². The van der Waals surface area contributed by atoms with Gasteiger partial charge in [0.2, 0.25) is 0 Å². The summed E-state index contributed by atoms with van der Waals surface area (Å²) in [6.45, 7) is 3.82. The minimum absolute atomic E-state index is 0.529. The van der Waals surface area contributed by atoms with Gasteiger partial charge in [-0.2, -0.15) is 0 Å². The summed E-state index contributed by atoms with van der Waals surface area (Å²) in [5, 5.41) is 3.07. The predicted molar refractivity (Wildman–Crippen MR) is 41.1 cm³/mol. The van der Waals surface area contributed by atoms with Crippen LogP contribution in [0.5, 0.6) is 0 Å². The summed E-state index contributed by atoms with van der Waals surface area (Å²) >= 11 is 0. The second-order valence-electron chi connectivity index (χ2n) is 2.47. The molecule has 1 atom stereocenters. The highest BCUT2D eigenvalue weighted by molar-refractivity contribution is 5.73. The first kappa shape index (κ1) is 7.24. The first-order valence-electron chi connectivity index (χ1n) is 3.14.